The summed E-state index contributed by atoms with van der Waals surface area (Å²) in [6.07, 6.45) is 0. The van der Waals surface area contributed by atoms with Crippen molar-refractivity contribution in [3.05, 3.63) is 34.9 Å². The first kappa shape index (κ1) is 14.5. The van der Waals surface area contributed by atoms with Crippen LogP contribution >= 0.6 is 11.6 Å². The second kappa shape index (κ2) is 7.70. The van der Waals surface area contributed by atoms with Gasteiger partial charge in [-0.1, -0.05) is 43.6 Å². The van der Waals surface area contributed by atoms with Gasteiger partial charge in [0, 0.05) is 24.2 Å². The van der Waals surface area contributed by atoms with E-state index in [9.17, 15) is 0 Å². The SMILES string of the molecule is CC(C)COCCN[C@H](C)c1ccccc1Cl. The van der Waals surface area contributed by atoms with Crippen LogP contribution < -0.4 is 5.32 Å². The Morgan fingerprint density at radius 3 is 2.59 bits per heavy atom. The van der Waals surface area contributed by atoms with E-state index in [-0.39, 0.29) is 6.04 Å². The van der Waals surface area contributed by atoms with Gasteiger partial charge in [0.05, 0.1) is 6.61 Å². The zero-order valence-corrected chi connectivity index (χ0v) is 11.6. The molecule has 2 nitrogen and oxygen atoms in total. The topological polar surface area (TPSA) is 21.3 Å². The van der Waals surface area contributed by atoms with Gasteiger partial charge in [-0.3, -0.25) is 0 Å². The molecule has 0 aliphatic heterocycles. The summed E-state index contributed by atoms with van der Waals surface area (Å²) in [5.74, 6) is 0.594. The standard InChI is InChI=1S/C14H22ClNO/c1-11(2)10-17-9-8-16-12(3)13-6-4-5-7-14(13)15/h4-7,11-12,16H,8-10H2,1-3H3/t12-/m1/s1. The highest BCUT2D eigenvalue weighted by Crippen LogP contribution is 2.21. The third-order valence-electron chi connectivity index (χ3n) is 2.52. The maximum absolute atomic E-state index is 6.13. The molecule has 0 heterocycles. The van der Waals surface area contributed by atoms with E-state index in [1.54, 1.807) is 0 Å². The van der Waals surface area contributed by atoms with Gasteiger partial charge in [0.1, 0.15) is 0 Å². The lowest BCUT2D eigenvalue weighted by Crippen LogP contribution is -2.24. The van der Waals surface area contributed by atoms with E-state index >= 15 is 0 Å². The van der Waals surface area contributed by atoms with Crippen LogP contribution in [0, 0.1) is 5.92 Å². The van der Waals surface area contributed by atoms with Gasteiger partial charge in [0.2, 0.25) is 0 Å². The summed E-state index contributed by atoms with van der Waals surface area (Å²) in [4.78, 5) is 0. The van der Waals surface area contributed by atoms with Crippen LogP contribution in [-0.2, 0) is 4.74 Å². The van der Waals surface area contributed by atoms with E-state index in [2.05, 4.69) is 32.2 Å². The number of nitrogens with one attached hydrogen (secondary N) is 1. The maximum Gasteiger partial charge on any atom is 0.0591 e. The average molecular weight is 256 g/mol. The summed E-state index contributed by atoms with van der Waals surface area (Å²) >= 11 is 6.13. The predicted molar refractivity (Wildman–Crippen MR) is 73.5 cm³/mol. The fraction of sp³-hybridized carbons (Fsp3) is 0.571. The van der Waals surface area contributed by atoms with E-state index in [0.29, 0.717) is 5.92 Å². The summed E-state index contributed by atoms with van der Waals surface area (Å²) in [7, 11) is 0. The molecule has 0 amide bonds. The molecule has 96 valence electrons. The predicted octanol–water partition coefficient (Wildman–Crippen LogP) is 3.66. The van der Waals surface area contributed by atoms with Crippen LogP contribution in [0.1, 0.15) is 32.4 Å². The molecule has 0 saturated heterocycles. The fourth-order valence-electron chi connectivity index (χ4n) is 1.60. The summed E-state index contributed by atoms with van der Waals surface area (Å²) in [5.41, 5.74) is 1.14. The smallest absolute Gasteiger partial charge is 0.0591 e. The maximum atomic E-state index is 6.13. The molecule has 1 aromatic carbocycles. The summed E-state index contributed by atoms with van der Waals surface area (Å²) in [6.45, 7) is 8.83. The molecule has 1 rings (SSSR count). The minimum absolute atomic E-state index is 0.256. The molecule has 0 radical (unpaired) electrons. The summed E-state index contributed by atoms with van der Waals surface area (Å²) in [5, 5.41) is 4.22. The quantitative estimate of drug-likeness (QED) is 0.751. The zero-order valence-electron chi connectivity index (χ0n) is 10.9. The first-order valence-electron chi connectivity index (χ1n) is 6.16. The lowest BCUT2D eigenvalue weighted by molar-refractivity contribution is 0.110. The molecule has 1 aromatic rings. The second-order valence-corrected chi connectivity index (χ2v) is 5.07. The summed E-state index contributed by atoms with van der Waals surface area (Å²) in [6, 6.07) is 8.18. The van der Waals surface area contributed by atoms with Crippen LogP contribution in [0.3, 0.4) is 0 Å². The molecule has 0 bridgehead atoms. The first-order chi connectivity index (χ1) is 8.11. The molecule has 1 N–H and O–H groups in total. The second-order valence-electron chi connectivity index (χ2n) is 4.67. The Bertz CT molecular complexity index is 328. The van der Waals surface area contributed by atoms with Crippen LogP contribution in [0.15, 0.2) is 24.3 Å². The number of rotatable bonds is 7. The number of hydrogen-bond acceptors (Lipinski definition) is 2. The Morgan fingerprint density at radius 1 is 1.24 bits per heavy atom. The minimum atomic E-state index is 0.256. The Hall–Kier alpha value is -0.570. The van der Waals surface area contributed by atoms with Crippen molar-refractivity contribution in [2.24, 2.45) is 5.92 Å². The number of ether oxygens (including phenoxy) is 1. The molecule has 0 spiro atoms. The van der Waals surface area contributed by atoms with E-state index < -0.39 is 0 Å². The molecule has 0 fully saturated rings. The van der Waals surface area contributed by atoms with Crippen molar-refractivity contribution < 1.29 is 4.74 Å². The van der Waals surface area contributed by atoms with E-state index in [1.807, 2.05) is 18.2 Å². The monoisotopic (exact) mass is 255 g/mol. The molecule has 0 aromatic heterocycles. The van der Waals surface area contributed by atoms with Crippen LogP contribution in [0.25, 0.3) is 0 Å². The van der Waals surface area contributed by atoms with Crippen molar-refractivity contribution in [3.63, 3.8) is 0 Å². The fourth-order valence-corrected chi connectivity index (χ4v) is 1.90. The number of halogens is 1. The van der Waals surface area contributed by atoms with Crippen molar-refractivity contribution in [2.75, 3.05) is 19.8 Å². The third-order valence-corrected chi connectivity index (χ3v) is 2.86. The Morgan fingerprint density at radius 2 is 1.94 bits per heavy atom. The van der Waals surface area contributed by atoms with Crippen molar-refractivity contribution in [2.45, 2.75) is 26.8 Å². The van der Waals surface area contributed by atoms with Gasteiger partial charge in [0.25, 0.3) is 0 Å². The molecular formula is C14H22ClNO. The molecular weight excluding hydrogens is 234 g/mol. The average Bonchev–Trinajstić information content (AvgIpc) is 2.28. The molecule has 17 heavy (non-hydrogen) atoms. The lowest BCUT2D eigenvalue weighted by Gasteiger charge is -2.16. The van der Waals surface area contributed by atoms with Gasteiger partial charge >= 0.3 is 0 Å². The molecule has 0 unspecified atom stereocenters. The van der Waals surface area contributed by atoms with Gasteiger partial charge in [-0.2, -0.15) is 0 Å². The number of benzene rings is 1. The van der Waals surface area contributed by atoms with Crippen LogP contribution in [-0.4, -0.2) is 19.8 Å². The Kier molecular flexibility index (Phi) is 6.56. The van der Waals surface area contributed by atoms with Gasteiger partial charge < -0.3 is 10.1 Å². The highest BCUT2D eigenvalue weighted by molar-refractivity contribution is 6.31. The van der Waals surface area contributed by atoms with Gasteiger partial charge in [-0.15, -0.1) is 0 Å². The Labute approximate surface area is 109 Å². The van der Waals surface area contributed by atoms with Crippen molar-refractivity contribution in [1.29, 1.82) is 0 Å². The highest BCUT2D eigenvalue weighted by Gasteiger charge is 2.07. The molecule has 0 saturated carbocycles. The largest absolute Gasteiger partial charge is 0.380 e. The zero-order chi connectivity index (χ0) is 12.7. The van der Waals surface area contributed by atoms with Crippen molar-refractivity contribution in [1.82, 2.24) is 5.32 Å². The van der Waals surface area contributed by atoms with Crippen LogP contribution in [0.4, 0.5) is 0 Å². The van der Waals surface area contributed by atoms with E-state index in [1.165, 1.54) is 0 Å². The van der Waals surface area contributed by atoms with Crippen molar-refractivity contribution in [3.8, 4) is 0 Å². The van der Waals surface area contributed by atoms with E-state index in [0.717, 1.165) is 30.3 Å². The van der Waals surface area contributed by atoms with Crippen LogP contribution in [0.2, 0.25) is 5.02 Å². The van der Waals surface area contributed by atoms with Gasteiger partial charge in [-0.25, -0.2) is 0 Å². The minimum Gasteiger partial charge on any atom is -0.380 e. The highest BCUT2D eigenvalue weighted by atomic mass is 35.5. The van der Waals surface area contributed by atoms with Crippen molar-refractivity contribution >= 4 is 11.6 Å². The Balaban J connectivity index is 2.26. The molecule has 3 heteroatoms. The normalized spacial score (nSPS) is 13.0. The molecule has 0 aliphatic carbocycles. The summed E-state index contributed by atoms with van der Waals surface area (Å²) < 4.78 is 5.52. The van der Waals surface area contributed by atoms with Gasteiger partial charge in [0.15, 0.2) is 0 Å². The third kappa shape index (κ3) is 5.53. The van der Waals surface area contributed by atoms with Crippen LogP contribution in [0.5, 0.6) is 0 Å². The first-order valence-corrected chi connectivity index (χ1v) is 6.54. The molecule has 1 atom stereocenters. The lowest BCUT2D eigenvalue weighted by atomic mass is 10.1. The molecule has 0 aliphatic rings. The van der Waals surface area contributed by atoms with Gasteiger partial charge in [-0.05, 0) is 24.5 Å². The van der Waals surface area contributed by atoms with E-state index in [4.69, 9.17) is 16.3 Å². The number of hydrogen-bond donors (Lipinski definition) is 1.